The van der Waals surface area contributed by atoms with Gasteiger partial charge in [0.25, 0.3) is 8.32 Å². The summed E-state index contributed by atoms with van der Waals surface area (Å²) in [6.07, 6.45) is 3.03. The Kier molecular flexibility index (Phi) is 9.93. The van der Waals surface area contributed by atoms with E-state index in [9.17, 15) is 24.3 Å². The number of ketones is 2. The van der Waals surface area contributed by atoms with Gasteiger partial charge >= 0.3 is 5.97 Å². The van der Waals surface area contributed by atoms with Crippen LogP contribution in [-0.4, -0.2) is 56.6 Å². The van der Waals surface area contributed by atoms with Crippen LogP contribution in [0.3, 0.4) is 0 Å². The number of benzene rings is 2. The average Bonchev–Trinajstić information content (AvgIpc) is 3.36. The Hall–Kier alpha value is -3.20. The second kappa shape index (κ2) is 12.9. The highest BCUT2D eigenvalue weighted by Crippen LogP contribution is 2.67. The van der Waals surface area contributed by atoms with Gasteiger partial charge in [-0.2, -0.15) is 0 Å². The van der Waals surface area contributed by atoms with E-state index in [0.29, 0.717) is 12.8 Å². The predicted octanol–water partition coefficient (Wildman–Crippen LogP) is 4.83. The molecule has 2 saturated carbocycles. The lowest BCUT2D eigenvalue weighted by atomic mass is 9.63. The maximum atomic E-state index is 14.4. The average molecular weight is 633 g/mol. The molecule has 0 heterocycles. The molecule has 7 nitrogen and oxygen atoms in total. The molecule has 1 unspecified atom stereocenters. The number of fused-ring (bicyclic) bond motifs is 1. The van der Waals surface area contributed by atoms with E-state index in [1.54, 1.807) is 13.0 Å². The van der Waals surface area contributed by atoms with Gasteiger partial charge in [0.1, 0.15) is 11.9 Å². The first kappa shape index (κ1) is 34.7. The standard InChI is InChI=1S/C37H48O7Si/c1-8-9-20-29-31-35(6,24-30(39)37(31,33(41)43-7)36(42,32(29)40)23-26(2)21-22-38)25-44-45(34(3,4)5,27-16-12-10-13-17-27)28-18-14-11-15-19-28/h8,10-19,22,26,29,31,42H,1,9,20-21,23-25H2,2-7H3/t26-,29-,31?,35+,36+,37-/m0/s1. The van der Waals surface area contributed by atoms with Gasteiger partial charge in [-0.25, -0.2) is 0 Å². The van der Waals surface area contributed by atoms with Crippen LogP contribution in [0.1, 0.15) is 66.7 Å². The number of aliphatic hydroxyl groups is 1. The molecule has 2 aromatic rings. The number of Topliss-reactive ketones (excluding diaryl/α,β-unsaturated/α-hetero) is 2. The van der Waals surface area contributed by atoms with E-state index in [1.165, 1.54) is 7.11 Å². The van der Waals surface area contributed by atoms with Crippen molar-refractivity contribution >= 4 is 42.5 Å². The van der Waals surface area contributed by atoms with Gasteiger partial charge in [-0.1, -0.05) is 101 Å². The monoisotopic (exact) mass is 632 g/mol. The SMILES string of the molecule is C=CCC[C@@H]1C(=O)[C@](O)(C[C@@H](C)CC=O)[C@@]2(C(=O)OC)C(=O)C[C@](C)(CO[Si](c3ccccc3)(c3ccccc3)C(C)(C)C)C12. The van der Waals surface area contributed by atoms with Gasteiger partial charge in [0.05, 0.1) is 7.11 Å². The lowest BCUT2D eigenvalue weighted by Crippen LogP contribution is -2.67. The van der Waals surface area contributed by atoms with Crippen molar-refractivity contribution in [1.29, 1.82) is 0 Å². The summed E-state index contributed by atoms with van der Waals surface area (Å²) in [5.41, 5.74) is -5.41. The Labute approximate surface area is 268 Å². The second-order valence-corrected chi connectivity index (χ2v) is 18.7. The van der Waals surface area contributed by atoms with Crippen LogP contribution in [0.4, 0.5) is 0 Å². The lowest BCUT2D eigenvalue weighted by molar-refractivity contribution is -0.181. The molecule has 2 aliphatic rings. The van der Waals surface area contributed by atoms with Crippen molar-refractivity contribution in [2.24, 2.45) is 28.6 Å². The molecule has 2 aliphatic carbocycles. The molecule has 242 valence electrons. The van der Waals surface area contributed by atoms with Gasteiger partial charge in [0, 0.05) is 36.7 Å². The van der Waals surface area contributed by atoms with E-state index in [0.717, 1.165) is 16.7 Å². The van der Waals surface area contributed by atoms with Crippen LogP contribution >= 0.6 is 0 Å². The minimum Gasteiger partial charge on any atom is -0.468 e. The minimum absolute atomic E-state index is 0.0623. The summed E-state index contributed by atoms with van der Waals surface area (Å²) in [6, 6.07) is 20.3. The third-order valence-corrected chi connectivity index (χ3v) is 15.4. The van der Waals surface area contributed by atoms with Crippen molar-refractivity contribution < 1.29 is 33.4 Å². The zero-order chi connectivity index (χ0) is 33.3. The largest absolute Gasteiger partial charge is 0.468 e. The zero-order valence-electron chi connectivity index (χ0n) is 27.5. The second-order valence-electron chi connectivity index (χ2n) is 14.4. The van der Waals surface area contributed by atoms with Crippen molar-refractivity contribution in [3.8, 4) is 0 Å². The maximum Gasteiger partial charge on any atom is 0.323 e. The fraction of sp³-hybridized carbons (Fsp3) is 0.514. The summed E-state index contributed by atoms with van der Waals surface area (Å²) in [4.78, 5) is 54.2. The topological polar surface area (TPSA) is 107 Å². The third kappa shape index (κ3) is 5.38. The van der Waals surface area contributed by atoms with Crippen LogP contribution in [0.25, 0.3) is 0 Å². The smallest absolute Gasteiger partial charge is 0.323 e. The molecule has 0 radical (unpaired) electrons. The van der Waals surface area contributed by atoms with Crippen molar-refractivity contribution in [3.05, 3.63) is 73.3 Å². The zero-order valence-corrected chi connectivity index (χ0v) is 28.5. The van der Waals surface area contributed by atoms with Gasteiger partial charge in [0.15, 0.2) is 17.0 Å². The molecule has 1 N–H and O–H groups in total. The summed E-state index contributed by atoms with van der Waals surface area (Å²) in [5, 5.41) is 14.2. The Morgan fingerprint density at radius 2 is 1.64 bits per heavy atom. The summed E-state index contributed by atoms with van der Waals surface area (Å²) >= 11 is 0. The first-order valence-electron chi connectivity index (χ1n) is 15.9. The van der Waals surface area contributed by atoms with Gasteiger partial charge in [-0.3, -0.25) is 14.4 Å². The Bertz CT molecular complexity index is 1380. The molecule has 0 spiro atoms. The number of allylic oxidation sites excluding steroid dienone is 1. The normalized spacial score (nSPS) is 28.9. The summed E-state index contributed by atoms with van der Waals surface area (Å²) in [5.74, 6) is -4.07. The Morgan fingerprint density at radius 3 is 2.11 bits per heavy atom. The molecule has 4 rings (SSSR count). The van der Waals surface area contributed by atoms with Crippen molar-refractivity contribution in [2.75, 3.05) is 13.7 Å². The highest BCUT2D eigenvalue weighted by Gasteiger charge is 2.82. The van der Waals surface area contributed by atoms with Crippen LogP contribution in [0.2, 0.25) is 5.04 Å². The summed E-state index contributed by atoms with van der Waals surface area (Å²) in [6.45, 7) is 14.1. The number of rotatable bonds is 13. The van der Waals surface area contributed by atoms with Gasteiger partial charge in [-0.15, -0.1) is 6.58 Å². The molecule has 2 aromatic carbocycles. The fourth-order valence-corrected chi connectivity index (χ4v) is 13.3. The summed E-state index contributed by atoms with van der Waals surface area (Å²) < 4.78 is 12.6. The summed E-state index contributed by atoms with van der Waals surface area (Å²) in [7, 11) is -1.87. The minimum atomic E-state index is -3.06. The highest BCUT2D eigenvalue weighted by atomic mass is 28.4. The van der Waals surface area contributed by atoms with E-state index in [2.05, 4.69) is 51.6 Å². The fourth-order valence-electron chi connectivity index (χ4n) is 8.59. The predicted molar refractivity (Wildman–Crippen MR) is 177 cm³/mol. The van der Waals surface area contributed by atoms with Gasteiger partial charge in [0.2, 0.25) is 0 Å². The lowest BCUT2D eigenvalue weighted by Gasteiger charge is -2.46. The first-order valence-corrected chi connectivity index (χ1v) is 17.8. The Balaban J connectivity index is 1.92. The number of aldehydes is 1. The van der Waals surface area contributed by atoms with Crippen LogP contribution in [-0.2, 0) is 28.3 Å². The molecule has 0 bridgehead atoms. The number of hydrogen-bond donors (Lipinski definition) is 1. The van der Waals surface area contributed by atoms with Crippen LogP contribution in [0.5, 0.6) is 0 Å². The quantitative estimate of drug-likeness (QED) is 0.111. The van der Waals surface area contributed by atoms with E-state index < -0.39 is 60.0 Å². The van der Waals surface area contributed by atoms with E-state index in [4.69, 9.17) is 9.16 Å². The molecule has 2 fully saturated rings. The van der Waals surface area contributed by atoms with Crippen LogP contribution in [0.15, 0.2) is 73.3 Å². The molecule has 0 amide bonds. The highest BCUT2D eigenvalue weighted by molar-refractivity contribution is 6.99. The first-order chi connectivity index (χ1) is 21.2. The molecule has 6 atom stereocenters. The number of ether oxygens (including phenoxy) is 1. The van der Waals surface area contributed by atoms with Gasteiger partial charge < -0.3 is 19.1 Å². The number of methoxy groups -OCH3 is 1. The molecular formula is C37H48O7Si. The number of hydrogen-bond acceptors (Lipinski definition) is 7. The Morgan fingerprint density at radius 1 is 1.09 bits per heavy atom. The van der Waals surface area contributed by atoms with E-state index in [-0.39, 0.29) is 30.9 Å². The van der Waals surface area contributed by atoms with E-state index >= 15 is 0 Å². The molecule has 8 heteroatoms. The number of esters is 1. The molecular weight excluding hydrogens is 584 g/mol. The third-order valence-electron chi connectivity index (χ3n) is 10.4. The molecule has 0 aliphatic heterocycles. The molecule has 45 heavy (non-hydrogen) atoms. The van der Waals surface area contributed by atoms with Crippen molar-refractivity contribution in [1.82, 2.24) is 0 Å². The molecule has 0 aromatic heterocycles. The van der Waals surface area contributed by atoms with Gasteiger partial charge in [-0.05, 0) is 40.6 Å². The van der Waals surface area contributed by atoms with Crippen LogP contribution in [0, 0.1) is 28.6 Å². The van der Waals surface area contributed by atoms with Crippen molar-refractivity contribution in [3.63, 3.8) is 0 Å². The van der Waals surface area contributed by atoms with E-state index in [1.807, 2.05) is 43.3 Å². The number of carbonyl (C=O) groups is 4. The maximum absolute atomic E-state index is 14.4. The number of carbonyl (C=O) groups excluding carboxylic acids is 4. The molecule has 0 saturated heterocycles. The van der Waals surface area contributed by atoms with Crippen LogP contribution < -0.4 is 10.4 Å². The van der Waals surface area contributed by atoms with Crippen molar-refractivity contribution in [2.45, 2.75) is 77.4 Å².